The Bertz CT molecular complexity index is 1700. The first kappa shape index (κ1) is 85.1. The Kier molecular flexibility index (Phi) is 59.0. The lowest BCUT2D eigenvalue weighted by Crippen LogP contribution is -2.30. The van der Waals surface area contributed by atoms with Crippen LogP contribution in [-0.2, 0) is 65.4 Å². The molecule has 87 heavy (non-hydrogen) atoms. The van der Waals surface area contributed by atoms with E-state index in [2.05, 4.69) is 41.5 Å². The summed E-state index contributed by atoms with van der Waals surface area (Å²) in [6.45, 7) is 9.45. The van der Waals surface area contributed by atoms with E-state index in [1.165, 1.54) is 141 Å². The van der Waals surface area contributed by atoms with Crippen LogP contribution in [0.25, 0.3) is 0 Å². The number of ether oxygens (including phenoxy) is 4. The van der Waals surface area contributed by atoms with Gasteiger partial charge in [-0.2, -0.15) is 0 Å². The highest BCUT2D eigenvalue weighted by Gasteiger charge is 2.30. The molecule has 0 aliphatic heterocycles. The second-order valence-corrected chi connectivity index (χ2v) is 28.2. The van der Waals surface area contributed by atoms with Crippen LogP contribution in [0, 0.1) is 11.8 Å². The fraction of sp³-hybridized carbons (Fsp3) is 0.941. The zero-order chi connectivity index (χ0) is 64.3. The molecule has 0 heterocycles. The Hall–Kier alpha value is -1.94. The summed E-state index contributed by atoms with van der Waals surface area (Å²) in [5.41, 5.74) is 0. The van der Waals surface area contributed by atoms with Crippen LogP contribution < -0.4 is 0 Å². The van der Waals surface area contributed by atoms with Crippen LogP contribution in [0.2, 0.25) is 0 Å². The number of aliphatic hydroxyl groups is 1. The monoisotopic (exact) mass is 1280 g/mol. The third-order valence-electron chi connectivity index (χ3n) is 16.1. The van der Waals surface area contributed by atoms with Crippen molar-refractivity contribution in [1.29, 1.82) is 0 Å². The molecule has 0 fully saturated rings. The summed E-state index contributed by atoms with van der Waals surface area (Å²) in [4.78, 5) is 72.1. The number of carbonyl (C=O) groups is 4. The van der Waals surface area contributed by atoms with E-state index < -0.39 is 97.5 Å². The van der Waals surface area contributed by atoms with Crippen LogP contribution in [-0.4, -0.2) is 96.7 Å². The zero-order valence-electron chi connectivity index (χ0n) is 56.3. The molecule has 19 heteroatoms. The quantitative estimate of drug-likeness (QED) is 0.0222. The van der Waals surface area contributed by atoms with Gasteiger partial charge in [-0.05, 0) is 37.5 Å². The summed E-state index contributed by atoms with van der Waals surface area (Å²) in [5.74, 6) is -0.586. The molecular formula is C68H132O17P2. The number of esters is 4. The highest BCUT2D eigenvalue weighted by molar-refractivity contribution is 7.47. The molecule has 0 aliphatic carbocycles. The average molecular weight is 1280 g/mol. The van der Waals surface area contributed by atoms with Crippen molar-refractivity contribution in [1.82, 2.24) is 0 Å². The van der Waals surface area contributed by atoms with Gasteiger partial charge >= 0.3 is 39.5 Å². The molecule has 17 nitrogen and oxygen atoms in total. The van der Waals surface area contributed by atoms with Crippen molar-refractivity contribution in [3.8, 4) is 0 Å². The Morgan fingerprint density at radius 2 is 0.586 bits per heavy atom. The van der Waals surface area contributed by atoms with E-state index in [9.17, 15) is 43.2 Å². The Balaban J connectivity index is 5.07. The van der Waals surface area contributed by atoms with Crippen molar-refractivity contribution in [2.45, 2.75) is 362 Å². The van der Waals surface area contributed by atoms with Crippen LogP contribution in [0.15, 0.2) is 0 Å². The predicted molar refractivity (Wildman–Crippen MR) is 349 cm³/mol. The van der Waals surface area contributed by atoms with E-state index in [0.29, 0.717) is 31.6 Å². The van der Waals surface area contributed by atoms with Crippen molar-refractivity contribution >= 4 is 39.5 Å². The Morgan fingerprint density at radius 1 is 0.333 bits per heavy atom. The minimum atomic E-state index is -4.95. The minimum absolute atomic E-state index is 0.105. The van der Waals surface area contributed by atoms with Gasteiger partial charge in [0.05, 0.1) is 26.4 Å². The maximum absolute atomic E-state index is 13.0. The molecule has 0 saturated heterocycles. The van der Waals surface area contributed by atoms with Gasteiger partial charge in [-0.1, -0.05) is 292 Å². The normalized spacial score (nSPS) is 14.5. The van der Waals surface area contributed by atoms with Crippen LogP contribution in [0.5, 0.6) is 0 Å². The van der Waals surface area contributed by atoms with Gasteiger partial charge in [0, 0.05) is 25.7 Å². The van der Waals surface area contributed by atoms with E-state index in [0.717, 1.165) is 115 Å². The lowest BCUT2D eigenvalue weighted by Gasteiger charge is -2.21. The second kappa shape index (κ2) is 60.3. The summed E-state index contributed by atoms with van der Waals surface area (Å²) in [7, 11) is -9.88. The molecule has 0 aromatic rings. The SMILES string of the molecule is CCCCCCCCCCC(=O)OC[C@H](COP(=O)(O)OC[C@H](O)COP(=O)(O)OC[C@@H](COC(=O)CCCCCCCCC(C)C)OC(=O)CCCCCCCCCCCCCCCCCCCCC(C)CC)OC(=O)CCCCCCCCCC. The molecule has 0 bridgehead atoms. The number of carbonyl (C=O) groups excluding carboxylic acids is 4. The van der Waals surface area contributed by atoms with E-state index in [4.69, 9.17) is 37.0 Å². The van der Waals surface area contributed by atoms with Gasteiger partial charge < -0.3 is 33.8 Å². The molecule has 6 atom stereocenters. The fourth-order valence-corrected chi connectivity index (χ4v) is 11.8. The summed E-state index contributed by atoms with van der Waals surface area (Å²) in [5, 5.41) is 10.5. The Morgan fingerprint density at radius 3 is 0.874 bits per heavy atom. The largest absolute Gasteiger partial charge is 0.472 e. The molecule has 0 rings (SSSR count). The number of phosphoric acid groups is 2. The first-order valence-corrected chi connectivity index (χ1v) is 38.5. The van der Waals surface area contributed by atoms with Crippen molar-refractivity contribution in [2.24, 2.45) is 11.8 Å². The van der Waals surface area contributed by atoms with Crippen LogP contribution in [0.3, 0.4) is 0 Å². The lowest BCUT2D eigenvalue weighted by atomic mass is 9.99. The van der Waals surface area contributed by atoms with Gasteiger partial charge in [-0.15, -0.1) is 0 Å². The predicted octanol–water partition coefficient (Wildman–Crippen LogP) is 19.2. The third kappa shape index (κ3) is 61.3. The van der Waals surface area contributed by atoms with Crippen molar-refractivity contribution in [2.75, 3.05) is 39.6 Å². The summed E-state index contributed by atoms with van der Waals surface area (Å²) in [6.07, 6.45) is 44.9. The first-order valence-electron chi connectivity index (χ1n) is 35.5. The molecule has 0 saturated carbocycles. The number of unbranched alkanes of at least 4 members (excludes halogenated alkanes) is 36. The lowest BCUT2D eigenvalue weighted by molar-refractivity contribution is -0.161. The average Bonchev–Trinajstić information content (AvgIpc) is 3.61. The number of phosphoric ester groups is 2. The van der Waals surface area contributed by atoms with Gasteiger partial charge in [0.25, 0.3) is 0 Å². The maximum Gasteiger partial charge on any atom is 0.472 e. The number of aliphatic hydroxyl groups excluding tert-OH is 1. The molecule has 0 radical (unpaired) electrons. The van der Waals surface area contributed by atoms with E-state index in [1.54, 1.807) is 0 Å². The number of hydrogen-bond donors (Lipinski definition) is 3. The third-order valence-corrected chi connectivity index (χ3v) is 18.0. The molecule has 3 N–H and O–H groups in total. The molecule has 0 spiro atoms. The van der Waals surface area contributed by atoms with Crippen molar-refractivity contribution < 1.29 is 80.2 Å². The second-order valence-electron chi connectivity index (χ2n) is 25.3. The molecule has 516 valence electrons. The molecule has 3 unspecified atom stereocenters. The molecule has 0 aromatic carbocycles. The van der Waals surface area contributed by atoms with Crippen LogP contribution in [0.1, 0.15) is 343 Å². The highest BCUT2D eigenvalue weighted by Crippen LogP contribution is 2.45. The van der Waals surface area contributed by atoms with E-state index >= 15 is 0 Å². The smallest absolute Gasteiger partial charge is 0.462 e. The van der Waals surface area contributed by atoms with E-state index in [1.807, 2.05) is 0 Å². The standard InChI is InChI=1S/C68H132O17P2/c1-7-10-12-14-16-31-38-44-50-65(70)78-56-63(84-67(72)52-46-40-32-17-15-13-11-8-2)58-82-86(74,75)80-54-62(69)55-81-87(76,77)83-59-64(57-79-66(71)51-45-39-35-34-36-42-48-60(4)5)85-68(73)53-47-41-33-29-27-25-23-21-19-18-20-22-24-26-28-30-37-43-49-61(6)9-3/h60-64,69H,7-59H2,1-6H3,(H,74,75)(H,76,77)/t61?,62-,63+,64+/m0/s1. The molecule has 0 aromatic heterocycles. The molecule has 0 aliphatic rings. The van der Waals surface area contributed by atoms with Crippen molar-refractivity contribution in [3.63, 3.8) is 0 Å². The number of hydrogen-bond acceptors (Lipinski definition) is 15. The van der Waals surface area contributed by atoms with Gasteiger partial charge in [-0.3, -0.25) is 37.3 Å². The van der Waals surface area contributed by atoms with Crippen molar-refractivity contribution in [3.05, 3.63) is 0 Å². The maximum atomic E-state index is 13.0. The highest BCUT2D eigenvalue weighted by atomic mass is 31.2. The Labute approximate surface area is 530 Å². The van der Waals surface area contributed by atoms with E-state index in [-0.39, 0.29) is 25.7 Å². The minimum Gasteiger partial charge on any atom is -0.462 e. The van der Waals surface area contributed by atoms with Gasteiger partial charge in [0.2, 0.25) is 0 Å². The topological polar surface area (TPSA) is 237 Å². The van der Waals surface area contributed by atoms with Gasteiger partial charge in [0.1, 0.15) is 19.3 Å². The van der Waals surface area contributed by atoms with Crippen LogP contribution >= 0.6 is 15.6 Å². The fourth-order valence-electron chi connectivity index (χ4n) is 10.2. The first-order chi connectivity index (χ1) is 41.9. The molecule has 0 amide bonds. The molecular weight excluding hydrogens is 1150 g/mol. The van der Waals surface area contributed by atoms with Crippen LogP contribution in [0.4, 0.5) is 0 Å². The zero-order valence-corrected chi connectivity index (χ0v) is 58.1. The van der Waals surface area contributed by atoms with Gasteiger partial charge in [0.15, 0.2) is 12.2 Å². The summed E-state index contributed by atoms with van der Waals surface area (Å²) in [6, 6.07) is 0. The van der Waals surface area contributed by atoms with Gasteiger partial charge in [-0.25, -0.2) is 9.13 Å². The summed E-state index contributed by atoms with van der Waals surface area (Å²) < 4.78 is 67.9. The number of rotatable bonds is 67. The summed E-state index contributed by atoms with van der Waals surface area (Å²) >= 11 is 0.